The van der Waals surface area contributed by atoms with Gasteiger partial charge in [-0.25, -0.2) is 0 Å². The van der Waals surface area contributed by atoms with Gasteiger partial charge in [0.25, 0.3) is 0 Å². The Morgan fingerprint density at radius 2 is 2.21 bits per heavy atom. The summed E-state index contributed by atoms with van der Waals surface area (Å²) >= 11 is 0. The van der Waals surface area contributed by atoms with Crippen LogP contribution in [0.3, 0.4) is 0 Å². The van der Waals surface area contributed by atoms with Crippen LogP contribution in [-0.2, 0) is 6.42 Å². The topological polar surface area (TPSA) is 35.2 Å². The summed E-state index contributed by atoms with van der Waals surface area (Å²) in [4.78, 5) is 0. The van der Waals surface area contributed by atoms with Crippen LogP contribution < -0.4 is 10.5 Å². The SMILES string of the molecule is COc1cc2c(cc1C)CCCC2N. The normalized spacial score (nSPS) is 20.4. The molecule has 2 rings (SSSR count). The molecule has 1 aromatic carbocycles. The molecule has 0 saturated heterocycles. The summed E-state index contributed by atoms with van der Waals surface area (Å²) in [6.45, 7) is 2.08. The summed E-state index contributed by atoms with van der Waals surface area (Å²) in [7, 11) is 1.71. The molecule has 1 aliphatic carbocycles. The summed E-state index contributed by atoms with van der Waals surface area (Å²) in [6, 6.07) is 4.52. The van der Waals surface area contributed by atoms with Crippen LogP contribution >= 0.6 is 0 Å². The molecule has 0 bridgehead atoms. The zero-order chi connectivity index (χ0) is 10.1. The third-order valence-corrected chi connectivity index (χ3v) is 3.02. The summed E-state index contributed by atoms with van der Waals surface area (Å²) in [5.41, 5.74) is 9.95. The van der Waals surface area contributed by atoms with E-state index in [-0.39, 0.29) is 6.04 Å². The maximum atomic E-state index is 6.06. The van der Waals surface area contributed by atoms with Crippen LogP contribution in [0.2, 0.25) is 0 Å². The van der Waals surface area contributed by atoms with Crippen molar-refractivity contribution in [3.8, 4) is 5.75 Å². The molecule has 0 saturated carbocycles. The number of fused-ring (bicyclic) bond motifs is 1. The zero-order valence-corrected chi connectivity index (χ0v) is 8.84. The first-order chi connectivity index (χ1) is 6.72. The standard InChI is InChI=1S/C12H17NO/c1-8-6-9-4-3-5-11(13)10(9)7-12(8)14-2/h6-7,11H,3-5,13H2,1-2H3. The molecule has 0 aliphatic heterocycles. The largest absolute Gasteiger partial charge is 0.496 e. The lowest BCUT2D eigenvalue weighted by Crippen LogP contribution is -2.17. The molecular weight excluding hydrogens is 174 g/mol. The van der Waals surface area contributed by atoms with E-state index in [0.29, 0.717) is 0 Å². The number of nitrogens with two attached hydrogens (primary N) is 1. The Morgan fingerprint density at radius 1 is 1.43 bits per heavy atom. The van der Waals surface area contributed by atoms with Crippen molar-refractivity contribution in [1.29, 1.82) is 0 Å². The highest BCUT2D eigenvalue weighted by Crippen LogP contribution is 2.32. The van der Waals surface area contributed by atoms with Crippen LogP contribution in [0.1, 0.15) is 35.6 Å². The highest BCUT2D eigenvalue weighted by Gasteiger charge is 2.18. The van der Waals surface area contributed by atoms with Crippen molar-refractivity contribution in [2.45, 2.75) is 32.2 Å². The van der Waals surface area contributed by atoms with E-state index in [9.17, 15) is 0 Å². The van der Waals surface area contributed by atoms with E-state index in [1.54, 1.807) is 7.11 Å². The molecule has 0 fully saturated rings. The molecular formula is C12H17NO. The maximum Gasteiger partial charge on any atom is 0.122 e. The molecule has 0 radical (unpaired) electrons. The van der Waals surface area contributed by atoms with Gasteiger partial charge in [0.05, 0.1) is 7.11 Å². The molecule has 1 atom stereocenters. The van der Waals surface area contributed by atoms with E-state index in [1.165, 1.54) is 23.1 Å². The number of aryl methyl sites for hydroxylation is 2. The molecule has 76 valence electrons. The van der Waals surface area contributed by atoms with Gasteiger partial charge >= 0.3 is 0 Å². The first-order valence-electron chi connectivity index (χ1n) is 5.15. The molecule has 0 aromatic heterocycles. The fraction of sp³-hybridized carbons (Fsp3) is 0.500. The Kier molecular flexibility index (Phi) is 2.46. The highest BCUT2D eigenvalue weighted by atomic mass is 16.5. The monoisotopic (exact) mass is 191 g/mol. The van der Waals surface area contributed by atoms with E-state index in [2.05, 4.69) is 19.1 Å². The predicted molar refractivity (Wildman–Crippen MR) is 57.6 cm³/mol. The van der Waals surface area contributed by atoms with Crippen molar-refractivity contribution in [1.82, 2.24) is 0 Å². The van der Waals surface area contributed by atoms with Gasteiger partial charge in [-0.2, -0.15) is 0 Å². The third-order valence-electron chi connectivity index (χ3n) is 3.02. The Morgan fingerprint density at radius 3 is 2.93 bits per heavy atom. The Bertz CT molecular complexity index is 346. The zero-order valence-electron chi connectivity index (χ0n) is 8.84. The Hall–Kier alpha value is -1.02. The maximum absolute atomic E-state index is 6.06. The third kappa shape index (κ3) is 1.50. The van der Waals surface area contributed by atoms with Gasteiger partial charge in [0.2, 0.25) is 0 Å². The lowest BCUT2D eigenvalue weighted by atomic mass is 9.87. The Labute approximate surface area is 85.1 Å². The number of benzene rings is 1. The molecule has 0 spiro atoms. The predicted octanol–water partition coefficient (Wildman–Crippen LogP) is 2.34. The van der Waals surface area contributed by atoms with Crippen molar-refractivity contribution in [2.75, 3.05) is 7.11 Å². The van der Waals surface area contributed by atoms with E-state index in [1.807, 2.05) is 0 Å². The van der Waals surface area contributed by atoms with E-state index >= 15 is 0 Å². The van der Waals surface area contributed by atoms with Crippen molar-refractivity contribution in [3.63, 3.8) is 0 Å². The molecule has 0 amide bonds. The van der Waals surface area contributed by atoms with Gasteiger partial charge in [-0.15, -0.1) is 0 Å². The van der Waals surface area contributed by atoms with Crippen molar-refractivity contribution in [2.24, 2.45) is 5.73 Å². The van der Waals surface area contributed by atoms with Crippen LogP contribution in [0.25, 0.3) is 0 Å². The van der Waals surface area contributed by atoms with Gasteiger partial charge < -0.3 is 10.5 Å². The second-order valence-corrected chi connectivity index (χ2v) is 4.02. The van der Waals surface area contributed by atoms with Crippen LogP contribution in [0, 0.1) is 6.92 Å². The fourth-order valence-corrected chi connectivity index (χ4v) is 2.21. The molecule has 14 heavy (non-hydrogen) atoms. The van der Waals surface area contributed by atoms with Gasteiger partial charge in [0.1, 0.15) is 5.75 Å². The molecule has 1 aliphatic rings. The average Bonchev–Trinajstić information content (AvgIpc) is 2.17. The molecule has 2 N–H and O–H groups in total. The van der Waals surface area contributed by atoms with E-state index in [0.717, 1.165) is 18.6 Å². The average molecular weight is 191 g/mol. The van der Waals surface area contributed by atoms with E-state index < -0.39 is 0 Å². The summed E-state index contributed by atoms with van der Waals surface area (Å²) in [5, 5.41) is 0. The highest BCUT2D eigenvalue weighted by molar-refractivity contribution is 5.44. The van der Waals surface area contributed by atoms with Gasteiger partial charge in [-0.05, 0) is 48.9 Å². The Balaban J connectivity index is 2.49. The van der Waals surface area contributed by atoms with Gasteiger partial charge in [0, 0.05) is 6.04 Å². The minimum absolute atomic E-state index is 0.202. The number of methoxy groups -OCH3 is 1. The summed E-state index contributed by atoms with van der Waals surface area (Å²) in [6.07, 6.45) is 3.47. The lowest BCUT2D eigenvalue weighted by molar-refractivity contribution is 0.409. The molecule has 2 nitrogen and oxygen atoms in total. The van der Waals surface area contributed by atoms with Crippen LogP contribution in [0.4, 0.5) is 0 Å². The minimum atomic E-state index is 0.202. The smallest absolute Gasteiger partial charge is 0.122 e. The van der Waals surface area contributed by atoms with Gasteiger partial charge in [-0.3, -0.25) is 0 Å². The number of rotatable bonds is 1. The minimum Gasteiger partial charge on any atom is -0.496 e. The van der Waals surface area contributed by atoms with Crippen LogP contribution in [0.15, 0.2) is 12.1 Å². The number of ether oxygens (including phenoxy) is 1. The van der Waals surface area contributed by atoms with Crippen LogP contribution in [-0.4, -0.2) is 7.11 Å². The summed E-state index contributed by atoms with van der Waals surface area (Å²) in [5.74, 6) is 0.959. The van der Waals surface area contributed by atoms with E-state index in [4.69, 9.17) is 10.5 Å². The van der Waals surface area contributed by atoms with Crippen molar-refractivity contribution >= 4 is 0 Å². The first-order valence-corrected chi connectivity index (χ1v) is 5.15. The summed E-state index contributed by atoms with van der Waals surface area (Å²) < 4.78 is 5.30. The quantitative estimate of drug-likeness (QED) is 0.739. The molecule has 1 aromatic rings. The fourth-order valence-electron chi connectivity index (χ4n) is 2.21. The second-order valence-electron chi connectivity index (χ2n) is 4.02. The van der Waals surface area contributed by atoms with Gasteiger partial charge in [-0.1, -0.05) is 6.07 Å². The van der Waals surface area contributed by atoms with Gasteiger partial charge in [0.15, 0.2) is 0 Å². The number of hydrogen-bond acceptors (Lipinski definition) is 2. The lowest BCUT2D eigenvalue weighted by Gasteiger charge is -2.23. The first kappa shape index (κ1) is 9.53. The van der Waals surface area contributed by atoms with Crippen molar-refractivity contribution in [3.05, 3.63) is 28.8 Å². The molecule has 1 unspecified atom stereocenters. The van der Waals surface area contributed by atoms with Crippen molar-refractivity contribution < 1.29 is 4.74 Å². The molecule has 0 heterocycles. The number of hydrogen-bond donors (Lipinski definition) is 1. The van der Waals surface area contributed by atoms with Crippen LogP contribution in [0.5, 0.6) is 5.75 Å². The molecule has 2 heteroatoms. The second kappa shape index (κ2) is 3.62.